The van der Waals surface area contributed by atoms with Crippen molar-refractivity contribution in [3.8, 4) is 0 Å². The van der Waals surface area contributed by atoms with E-state index in [1.807, 2.05) is 72.8 Å². The molecule has 0 spiro atoms. The third-order valence-corrected chi connectivity index (χ3v) is 8.17. The Hall–Kier alpha value is -2.90. The molecule has 2 amide bonds. The summed E-state index contributed by atoms with van der Waals surface area (Å²) < 4.78 is 1.66. The minimum atomic E-state index is -0.264. The summed E-state index contributed by atoms with van der Waals surface area (Å²) >= 11 is 15.7. The van der Waals surface area contributed by atoms with Gasteiger partial charge < -0.3 is 10.6 Å². The molecule has 0 aliphatic rings. The molecule has 2 N–H and O–H groups in total. The van der Waals surface area contributed by atoms with Gasteiger partial charge in [0, 0.05) is 31.5 Å². The SMILES string of the molecule is O=C(Nc1ccccc1)c1sc2cc3c(Cl)c(C(=O)Nc4ccccc4)sc3cc2c1Cl. The second kappa shape index (κ2) is 8.56. The van der Waals surface area contributed by atoms with Gasteiger partial charge in [0.2, 0.25) is 0 Å². The normalized spacial score (nSPS) is 11.1. The average molecular weight is 497 g/mol. The fourth-order valence-corrected chi connectivity index (χ4v) is 6.19. The Morgan fingerprint density at radius 3 is 1.38 bits per heavy atom. The van der Waals surface area contributed by atoms with Crippen LogP contribution >= 0.6 is 45.9 Å². The summed E-state index contributed by atoms with van der Waals surface area (Å²) in [5.74, 6) is -0.528. The zero-order valence-electron chi connectivity index (χ0n) is 16.3. The maximum atomic E-state index is 12.8. The standard InChI is InChI=1S/C24H14Cl2N2O2S2/c25-19-15-11-18-16(20(26)22(32-18)24(30)28-14-9-5-2-6-10-14)12-17(15)31-21(19)23(29)27-13-7-3-1-4-8-13/h1-12H,(H,27,29)(H,28,30). The molecule has 0 atom stereocenters. The molecule has 158 valence electrons. The van der Waals surface area contributed by atoms with Crippen LogP contribution < -0.4 is 10.6 Å². The van der Waals surface area contributed by atoms with Gasteiger partial charge in [-0.1, -0.05) is 59.6 Å². The maximum Gasteiger partial charge on any atom is 0.267 e. The third kappa shape index (κ3) is 3.87. The molecule has 2 aromatic heterocycles. The van der Waals surface area contributed by atoms with E-state index in [0.717, 1.165) is 20.2 Å². The van der Waals surface area contributed by atoms with E-state index in [2.05, 4.69) is 10.6 Å². The zero-order valence-corrected chi connectivity index (χ0v) is 19.5. The first-order valence-electron chi connectivity index (χ1n) is 9.58. The van der Waals surface area contributed by atoms with E-state index >= 15 is 0 Å². The molecule has 0 aliphatic carbocycles. The lowest BCUT2D eigenvalue weighted by Gasteiger charge is -2.03. The van der Waals surface area contributed by atoms with Crippen LogP contribution in [0.5, 0.6) is 0 Å². The van der Waals surface area contributed by atoms with Gasteiger partial charge in [-0.05, 0) is 36.4 Å². The van der Waals surface area contributed by atoms with Crippen LogP contribution in [0.25, 0.3) is 20.2 Å². The molecular formula is C24H14Cl2N2O2S2. The summed E-state index contributed by atoms with van der Waals surface area (Å²) in [7, 11) is 0. The van der Waals surface area contributed by atoms with Gasteiger partial charge in [-0.3, -0.25) is 9.59 Å². The first-order valence-corrected chi connectivity index (χ1v) is 12.0. The van der Waals surface area contributed by atoms with Crippen LogP contribution in [0.1, 0.15) is 19.3 Å². The Bertz CT molecular complexity index is 1360. The number of rotatable bonds is 4. The minimum absolute atomic E-state index is 0.264. The lowest BCUT2D eigenvalue weighted by Crippen LogP contribution is -2.10. The van der Waals surface area contributed by atoms with Crippen LogP contribution in [0.2, 0.25) is 10.0 Å². The molecule has 0 saturated heterocycles. The third-order valence-electron chi connectivity index (χ3n) is 4.85. The topological polar surface area (TPSA) is 58.2 Å². The van der Waals surface area contributed by atoms with Gasteiger partial charge >= 0.3 is 0 Å². The van der Waals surface area contributed by atoms with Crippen molar-refractivity contribution in [1.82, 2.24) is 0 Å². The Labute approximate surface area is 201 Å². The molecule has 5 rings (SSSR count). The van der Waals surface area contributed by atoms with Crippen molar-refractivity contribution in [3.05, 3.63) is 92.6 Å². The van der Waals surface area contributed by atoms with Gasteiger partial charge in [0.15, 0.2) is 0 Å². The molecule has 0 bridgehead atoms. The molecule has 3 aromatic carbocycles. The van der Waals surface area contributed by atoms with Crippen molar-refractivity contribution in [2.24, 2.45) is 0 Å². The number of para-hydroxylation sites is 2. The highest BCUT2D eigenvalue weighted by Gasteiger charge is 2.22. The monoisotopic (exact) mass is 496 g/mol. The van der Waals surface area contributed by atoms with E-state index in [1.165, 1.54) is 22.7 Å². The molecule has 2 heterocycles. The average Bonchev–Trinajstić information content (AvgIpc) is 3.30. The Morgan fingerprint density at radius 1 is 0.625 bits per heavy atom. The highest BCUT2D eigenvalue weighted by Crippen LogP contribution is 2.43. The van der Waals surface area contributed by atoms with E-state index in [9.17, 15) is 9.59 Å². The van der Waals surface area contributed by atoms with Gasteiger partial charge in [-0.15, -0.1) is 22.7 Å². The molecule has 0 aliphatic heterocycles. The van der Waals surface area contributed by atoms with Crippen LogP contribution in [0.3, 0.4) is 0 Å². The van der Waals surface area contributed by atoms with E-state index < -0.39 is 0 Å². The lowest BCUT2D eigenvalue weighted by molar-refractivity contribution is 0.102. The smallest absolute Gasteiger partial charge is 0.267 e. The van der Waals surface area contributed by atoms with Crippen molar-refractivity contribution in [3.63, 3.8) is 0 Å². The number of carbonyl (C=O) groups excluding carboxylic acids is 2. The molecule has 5 aromatic rings. The number of carbonyl (C=O) groups is 2. The predicted octanol–water partition coefficient (Wildman–Crippen LogP) is 7.93. The van der Waals surface area contributed by atoms with Crippen molar-refractivity contribution in [2.45, 2.75) is 0 Å². The van der Waals surface area contributed by atoms with Crippen LogP contribution in [0, 0.1) is 0 Å². The molecule has 0 fully saturated rings. The number of fused-ring (bicyclic) bond motifs is 2. The summed E-state index contributed by atoms with van der Waals surface area (Å²) in [6, 6.07) is 22.2. The molecule has 8 heteroatoms. The van der Waals surface area contributed by atoms with Gasteiger partial charge in [0.1, 0.15) is 9.75 Å². The number of halogens is 2. The Balaban J connectivity index is 1.50. The van der Waals surface area contributed by atoms with E-state index in [4.69, 9.17) is 23.2 Å². The van der Waals surface area contributed by atoms with Crippen LogP contribution in [0.4, 0.5) is 11.4 Å². The molecule has 0 unspecified atom stereocenters. The van der Waals surface area contributed by atoms with E-state index in [0.29, 0.717) is 31.2 Å². The van der Waals surface area contributed by atoms with E-state index in [-0.39, 0.29) is 11.8 Å². The summed E-state index contributed by atoms with van der Waals surface area (Å²) in [4.78, 5) is 26.4. The molecule has 0 saturated carbocycles. The second-order valence-corrected chi connectivity index (χ2v) is 9.84. The molecule has 32 heavy (non-hydrogen) atoms. The first-order chi connectivity index (χ1) is 15.5. The van der Waals surface area contributed by atoms with Crippen molar-refractivity contribution in [1.29, 1.82) is 0 Å². The highest BCUT2D eigenvalue weighted by atomic mass is 35.5. The van der Waals surface area contributed by atoms with Gasteiger partial charge in [-0.25, -0.2) is 0 Å². The summed E-state index contributed by atoms with van der Waals surface area (Å²) in [5, 5.41) is 8.03. The fourth-order valence-electron chi connectivity index (χ4n) is 3.34. The van der Waals surface area contributed by atoms with Crippen molar-refractivity contribution in [2.75, 3.05) is 10.6 Å². The van der Waals surface area contributed by atoms with Gasteiger partial charge in [0.25, 0.3) is 11.8 Å². The minimum Gasteiger partial charge on any atom is -0.321 e. The predicted molar refractivity (Wildman–Crippen MR) is 136 cm³/mol. The van der Waals surface area contributed by atoms with Crippen LogP contribution in [0.15, 0.2) is 72.8 Å². The number of hydrogen-bond acceptors (Lipinski definition) is 4. The van der Waals surface area contributed by atoms with Crippen molar-refractivity contribution < 1.29 is 9.59 Å². The molecular weight excluding hydrogens is 483 g/mol. The Kier molecular flexibility index (Phi) is 5.61. The van der Waals surface area contributed by atoms with Crippen LogP contribution in [-0.2, 0) is 0 Å². The number of nitrogens with one attached hydrogen (secondary N) is 2. The number of amides is 2. The largest absolute Gasteiger partial charge is 0.321 e. The lowest BCUT2D eigenvalue weighted by atomic mass is 10.2. The van der Waals surface area contributed by atoms with E-state index in [1.54, 1.807) is 0 Å². The number of thiophene rings is 2. The summed E-state index contributed by atoms with van der Waals surface area (Å²) in [6.45, 7) is 0. The first kappa shape index (κ1) is 21.0. The second-order valence-electron chi connectivity index (χ2n) is 6.98. The zero-order chi connectivity index (χ0) is 22.2. The quantitative estimate of drug-likeness (QED) is 0.265. The summed E-state index contributed by atoms with van der Waals surface area (Å²) in [5.41, 5.74) is 1.40. The van der Waals surface area contributed by atoms with Gasteiger partial charge in [0.05, 0.1) is 10.0 Å². The number of hydrogen-bond donors (Lipinski definition) is 2. The molecule has 0 radical (unpaired) electrons. The number of anilines is 2. The molecule has 4 nitrogen and oxygen atoms in total. The van der Waals surface area contributed by atoms with Gasteiger partial charge in [-0.2, -0.15) is 0 Å². The maximum absolute atomic E-state index is 12.8. The van der Waals surface area contributed by atoms with Crippen molar-refractivity contribution >= 4 is 89.2 Å². The number of benzene rings is 3. The highest BCUT2D eigenvalue weighted by molar-refractivity contribution is 7.23. The summed E-state index contributed by atoms with van der Waals surface area (Å²) in [6.07, 6.45) is 0. The fraction of sp³-hybridized carbons (Fsp3) is 0. The van der Waals surface area contributed by atoms with Crippen LogP contribution in [-0.4, -0.2) is 11.8 Å². The Morgan fingerprint density at radius 2 is 1.00 bits per heavy atom.